The number of benzene rings is 1. The van der Waals surface area contributed by atoms with Gasteiger partial charge in [-0.3, -0.25) is 0 Å². The number of rotatable bonds is 6. The first kappa shape index (κ1) is 17.0. The molecule has 1 aliphatic carbocycles. The van der Waals surface area contributed by atoms with Crippen LogP contribution in [-0.4, -0.2) is 17.6 Å². The van der Waals surface area contributed by atoms with Crippen LogP contribution in [0.5, 0.6) is 0 Å². The summed E-state index contributed by atoms with van der Waals surface area (Å²) in [5.74, 6) is 0.824. The van der Waals surface area contributed by atoms with Crippen LogP contribution in [0.15, 0.2) is 60.3 Å². The van der Waals surface area contributed by atoms with Gasteiger partial charge >= 0.3 is 6.03 Å². The Morgan fingerprint density at radius 1 is 1.00 bits per heavy atom. The second kappa shape index (κ2) is 8.87. The van der Waals surface area contributed by atoms with Gasteiger partial charge in [-0.25, -0.2) is 9.78 Å². The summed E-state index contributed by atoms with van der Waals surface area (Å²) in [4.78, 5) is 16.3. The minimum absolute atomic E-state index is 0.280. The molecule has 0 fully saturated rings. The molecule has 0 unspecified atom stereocenters. The van der Waals surface area contributed by atoms with Gasteiger partial charge in [0.1, 0.15) is 5.82 Å². The molecule has 0 saturated heterocycles. The van der Waals surface area contributed by atoms with E-state index < -0.39 is 0 Å². The smallest absolute Gasteiger partial charge is 0.323 e. The van der Waals surface area contributed by atoms with Gasteiger partial charge < -0.3 is 16.0 Å². The molecule has 1 aromatic heterocycles. The van der Waals surface area contributed by atoms with Crippen LogP contribution in [0, 0.1) is 0 Å². The number of carbonyl (C=O) groups is 1. The van der Waals surface area contributed by atoms with E-state index in [4.69, 9.17) is 0 Å². The Morgan fingerprint density at radius 3 is 2.56 bits per heavy atom. The van der Waals surface area contributed by atoms with E-state index in [0.29, 0.717) is 5.69 Å². The number of carbonyl (C=O) groups excluding carboxylic acids is 1. The average molecular weight is 336 g/mol. The van der Waals surface area contributed by atoms with Crippen LogP contribution in [0.25, 0.3) is 0 Å². The first-order chi connectivity index (χ1) is 12.3. The van der Waals surface area contributed by atoms with Crippen molar-refractivity contribution in [2.75, 3.05) is 22.5 Å². The van der Waals surface area contributed by atoms with E-state index in [0.717, 1.165) is 24.5 Å². The van der Waals surface area contributed by atoms with Crippen molar-refractivity contribution < 1.29 is 4.79 Å². The molecule has 3 N–H and O–H groups in total. The number of aromatic nitrogens is 1. The molecule has 5 heteroatoms. The summed E-state index contributed by atoms with van der Waals surface area (Å²) < 4.78 is 0. The number of hydrogen-bond donors (Lipinski definition) is 3. The topological polar surface area (TPSA) is 66.1 Å². The predicted octanol–water partition coefficient (Wildman–Crippen LogP) is 5.03. The maximum Gasteiger partial charge on any atom is 0.323 e. The number of urea groups is 1. The van der Waals surface area contributed by atoms with E-state index in [-0.39, 0.29) is 6.03 Å². The summed E-state index contributed by atoms with van der Waals surface area (Å²) in [5, 5.41) is 8.88. The van der Waals surface area contributed by atoms with Crippen molar-refractivity contribution in [1.29, 1.82) is 0 Å². The molecule has 2 amide bonds. The molecule has 0 bridgehead atoms. The number of pyridine rings is 1. The van der Waals surface area contributed by atoms with Gasteiger partial charge in [0.05, 0.1) is 11.9 Å². The van der Waals surface area contributed by atoms with Crippen molar-refractivity contribution in [3.05, 3.63) is 60.3 Å². The van der Waals surface area contributed by atoms with Crippen molar-refractivity contribution >= 4 is 23.2 Å². The summed E-state index contributed by atoms with van der Waals surface area (Å²) in [6.45, 7) is 0.889. The van der Waals surface area contributed by atoms with Crippen molar-refractivity contribution in [1.82, 2.24) is 4.98 Å². The van der Waals surface area contributed by atoms with Gasteiger partial charge in [-0.05, 0) is 56.4 Å². The lowest BCUT2D eigenvalue weighted by atomic mass is 9.97. The van der Waals surface area contributed by atoms with Gasteiger partial charge in [0.2, 0.25) is 0 Å². The summed E-state index contributed by atoms with van der Waals surface area (Å²) in [6, 6.07) is 12.8. The molecule has 25 heavy (non-hydrogen) atoms. The first-order valence-corrected chi connectivity index (χ1v) is 8.80. The van der Waals surface area contributed by atoms with Crippen molar-refractivity contribution in [3.8, 4) is 0 Å². The molecular weight excluding hydrogens is 312 g/mol. The fourth-order valence-corrected chi connectivity index (χ4v) is 2.87. The second-order valence-electron chi connectivity index (χ2n) is 6.16. The molecule has 5 nitrogen and oxygen atoms in total. The van der Waals surface area contributed by atoms with Gasteiger partial charge in [-0.1, -0.05) is 29.8 Å². The zero-order chi connectivity index (χ0) is 17.3. The fourth-order valence-electron chi connectivity index (χ4n) is 2.87. The predicted molar refractivity (Wildman–Crippen MR) is 103 cm³/mol. The Balaban J connectivity index is 1.43. The van der Waals surface area contributed by atoms with Gasteiger partial charge in [0, 0.05) is 12.2 Å². The van der Waals surface area contributed by atoms with Crippen LogP contribution in [0.1, 0.15) is 32.1 Å². The fraction of sp³-hybridized carbons (Fsp3) is 0.300. The monoisotopic (exact) mass is 336 g/mol. The van der Waals surface area contributed by atoms with E-state index in [1.165, 1.54) is 25.7 Å². The number of hydrogen-bond acceptors (Lipinski definition) is 3. The lowest BCUT2D eigenvalue weighted by molar-refractivity contribution is 0.262. The van der Waals surface area contributed by atoms with E-state index in [1.54, 1.807) is 11.8 Å². The highest BCUT2D eigenvalue weighted by Gasteiger charge is 2.05. The van der Waals surface area contributed by atoms with E-state index in [1.807, 2.05) is 42.5 Å². The summed E-state index contributed by atoms with van der Waals surface area (Å²) in [7, 11) is 0. The number of nitrogens with zero attached hydrogens (tertiary/aromatic N) is 1. The second-order valence-corrected chi connectivity index (χ2v) is 6.16. The SMILES string of the molecule is O=C(Nc1ccccc1)Nc1ccc(NCCC2=CCCCC2)nc1. The number of allylic oxidation sites excluding steroid dienone is 1. The standard InChI is InChI=1S/C20H24N4O/c25-20(23-17-9-5-2-6-10-17)24-18-11-12-19(22-15-18)21-14-13-16-7-3-1-4-8-16/h2,5-7,9-12,15H,1,3-4,8,13-14H2,(H,21,22)(H2,23,24,25). The third kappa shape index (κ3) is 5.64. The van der Waals surface area contributed by atoms with Gasteiger partial charge in [0.25, 0.3) is 0 Å². The van der Waals surface area contributed by atoms with Gasteiger partial charge in [0.15, 0.2) is 0 Å². The first-order valence-electron chi connectivity index (χ1n) is 8.80. The zero-order valence-corrected chi connectivity index (χ0v) is 14.3. The Bertz CT molecular complexity index is 710. The Labute approximate surface area is 148 Å². The summed E-state index contributed by atoms with van der Waals surface area (Å²) in [6.07, 6.45) is 10.2. The maximum absolute atomic E-state index is 11.9. The number of amides is 2. The van der Waals surface area contributed by atoms with Crippen molar-refractivity contribution in [2.45, 2.75) is 32.1 Å². The summed E-state index contributed by atoms with van der Waals surface area (Å²) in [5.41, 5.74) is 2.96. The van der Waals surface area contributed by atoms with Crippen LogP contribution in [0.4, 0.5) is 22.0 Å². The maximum atomic E-state index is 11.9. The normalized spacial score (nSPS) is 13.7. The molecule has 0 saturated carbocycles. The molecule has 0 aliphatic heterocycles. The lowest BCUT2D eigenvalue weighted by Crippen LogP contribution is -2.19. The van der Waals surface area contributed by atoms with Crippen molar-refractivity contribution in [3.63, 3.8) is 0 Å². The molecule has 0 atom stereocenters. The van der Waals surface area contributed by atoms with Crippen molar-refractivity contribution in [2.24, 2.45) is 0 Å². The third-order valence-corrected chi connectivity index (χ3v) is 4.19. The van der Waals surface area contributed by atoms with Crippen LogP contribution in [0.2, 0.25) is 0 Å². The molecule has 0 spiro atoms. The van der Waals surface area contributed by atoms with Crippen LogP contribution < -0.4 is 16.0 Å². The molecular formula is C20H24N4O. The molecule has 1 aliphatic rings. The number of anilines is 3. The molecule has 130 valence electrons. The molecule has 3 rings (SSSR count). The third-order valence-electron chi connectivity index (χ3n) is 4.19. The highest BCUT2D eigenvalue weighted by atomic mass is 16.2. The number of para-hydroxylation sites is 1. The van der Waals surface area contributed by atoms with E-state index in [9.17, 15) is 4.79 Å². The number of nitrogens with one attached hydrogen (secondary N) is 3. The largest absolute Gasteiger partial charge is 0.370 e. The Hall–Kier alpha value is -2.82. The van der Waals surface area contributed by atoms with Gasteiger partial charge in [-0.15, -0.1) is 0 Å². The van der Waals surface area contributed by atoms with Crippen LogP contribution in [0.3, 0.4) is 0 Å². The average Bonchev–Trinajstić information content (AvgIpc) is 2.65. The van der Waals surface area contributed by atoms with E-state index in [2.05, 4.69) is 27.0 Å². The highest BCUT2D eigenvalue weighted by Crippen LogP contribution is 2.20. The highest BCUT2D eigenvalue weighted by molar-refractivity contribution is 5.99. The Morgan fingerprint density at radius 2 is 1.84 bits per heavy atom. The molecule has 0 radical (unpaired) electrons. The van der Waals surface area contributed by atoms with Gasteiger partial charge in [-0.2, -0.15) is 0 Å². The van der Waals surface area contributed by atoms with Crippen LogP contribution >= 0.6 is 0 Å². The molecule has 1 aromatic carbocycles. The van der Waals surface area contributed by atoms with E-state index >= 15 is 0 Å². The zero-order valence-electron chi connectivity index (χ0n) is 14.3. The minimum atomic E-state index is -0.280. The summed E-state index contributed by atoms with van der Waals surface area (Å²) >= 11 is 0. The quantitative estimate of drug-likeness (QED) is 0.648. The van der Waals surface area contributed by atoms with Crippen LogP contribution in [-0.2, 0) is 0 Å². The Kier molecular flexibility index (Phi) is 6.04. The molecule has 1 heterocycles. The lowest BCUT2D eigenvalue weighted by Gasteiger charge is -2.13. The molecule has 2 aromatic rings. The minimum Gasteiger partial charge on any atom is -0.370 e.